The van der Waals surface area contributed by atoms with Gasteiger partial charge in [-0.25, -0.2) is 0 Å². The molecule has 2 aliphatic rings. The molecule has 0 bridgehead atoms. The Kier molecular flexibility index (Phi) is 3.16. The van der Waals surface area contributed by atoms with Gasteiger partial charge in [0.2, 0.25) is 5.82 Å². The van der Waals surface area contributed by atoms with E-state index < -0.39 is 16.4 Å². The standard InChI is InChI=1S/C14H15FN2O3/c15-12-6-3-10(7-13(12)17(19)20)14(18)16(11-4-5-11)8-9-1-2-9/h3,6-7,9,11H,1-2,4-5,8H2. The second-order valence-corrected chi connectivity index (χ2v) is 5.56. The van der Waals surface area contributed by atoms with E-state index in [1.807, 2.05) is 0 Å². The number of carbonyl (C=O) groups is 1. The van der Waals surface area contributed by atoms with Crippen LogP contribution in [-0.2, 0) is 0 Å². The maximum atomic E-state index is 13.3. The van der Waals surface area contributed by atoms with Crippen LogP contribution in [0.15, 0.2) is 18.2 Å². The van der Waals surface area contributed by atoms with Crippen LogP contribution in [0.1, 0.15) is 36.0 Å². The normalized spacial score (nSPS) is 17.9. The molecule has 0 atom stereocenters. The van der Waals surface area contributed by atoms with Crippen molar-refractivity contribution in [2.45, 2.75) is 31.7 Å². The molecule has 2 saturated carbocycles. The zero-order chi connectivity index (χ0) is 14.3. The van der Waals surface area contributed by atoms with Crippen molar-refractivity contribution in [3.63, 3.8) is 0 Å². The Morgan fingerprint density at radius 2 is 2.05 bits per heavy atom. The Balaban J connectivity index is 1.84. The average molecular weight is 278 g/mol. The summed E-state index contributed by atoms with van der Waals surface area (Å²) in [6.07, 6.45) is 4.25. The van der Waals surface area contributed by atoms with E-state index in [1.165, 1.54) is 6.07 Å². The lowest BCUT2D eigenvalue weighted by molar-refractivity contribution is -0.387. The number of benzene rings is 1. The molecular weight excluding hydrogens is 263 g/mol. The minimum Gasteiger partial charge on any atom is -0.335 e. The van der Waals surface area contributed by atoms with Crippen LogP contribution < -0.4 is 0 Å². The van der Waals surface area contributed by atoms with Crippen molar-refractivity contribution in [3.05, 3.63) is 39.7 Å². The van der Waals surface area contributed by atoms with Crippen LogP contribution in [0.25, 0.3) is 0 Å². The van der Waals surface area contributed by atoms with E-state index in [-0.39, 0.29) is 17.5 Å². The lowest BCUT2D eigenvalue weighted by atomic mass is 10.1. The molecule has 0 radical (unpaired) electrons. The number of nitro groups is 1. The maximum Gasteiger partial charge on any atom is 0.305 e. The van der Waals surface area contributed by atoms with E-state index in [9.17, 15) is 19.3 Å². The summed E-state index contributed by atoms with van der Waals surface area (Å²) < 4.78 is 13.3. The van der Waals surface area contributed by atoms with Gasteiger partial charge in [-0.3, -0.25) is 14.9 Å². The SMILES string of the molecule is O=C(c1ccc(F)c([N+](=O)[O-])c1)N(CC1CC1)C1CC1. The predicted molar refractivity (Wildman–Crippen MR) is 69.8 cm³/mol. The van der Waals surface area contributed by atoms with Gasteiger partial charge in [-0.05, 0) is 43.7 Å². The molecule has 0 heterocycles. The third-order valence-electron chi connectivity index (χ3n) is 3.79. The van der Waals surface area contributed by atoms with Crippen molar-refractivity contribution < 1.29 is 14.1 Å². The molecule has 3 rings (SSSR count). The molecule has 0 spiro atoms. The van der Waals surface area contributed by atoms with Crippen LogP contribution in [0.3, 0.4) is 0 Å². The average Bonchev–Trinajstić information content (AvgIpc) is 3.27. The van der Waals surface area contributed by atoms with Gasteiger partial charge in [0.25, 0.3) is 5.91 Å². The third-order valence-corrected chi connectivity index (χ3v) is 3.79. The number of amides is 1. The highest BCUT2D eigenvalue weighted by molar-refractivity contribution is 5.95. The molecule has 6 heteroatoms. The molecule has 1 amide bonds. The summed E-state index contributed by atoms with van der Waals surface area (Å²) in [6.45, 7) is 0.717. The number of nitro benzene ring substituents is 1. The quantitative estimate of drug-likeness (QED) is 0.614. The van der Waals surface area contributed by atoms with Crippen molar-refractivity contribution in [3.8, 4) is 0 Å². The Bertz CT molecular complexity index is 568. The number of halogens is 1. The van der Waals surface area contributed by atoms with Gasteiger partial charge in [0.05, 0.1) is 4.92 Å². The summed E-state index contributed by atoms with van der Waals surface area (Å²) in [7, 11) is 0. The lowest BCUT2D eigenvalue weighted by Crippen LogP contribution is -2.35. The number of rotatable bonds is 5. The van der Waals surface area contributed by atoms with E-state index in [2.05, 4.69) is 0 Å². The highest BCUT2D eigenvalue weighted by Crippen LogP contribution is 2.36. The summed E-state index contributed by atoms with van der Waals surface area (Å²) in [5, 5.41) is 10.7. The fraction of sp³-hybridized carbons (Fsp3) is 0.500. The van der Waals surface area contributed by atoms with Gasteiger partial charge < -0.3 is 4.90 Å². The van der Waals surface area contributed by atoms with Gasteiger partial charge in [-0.2, -0.15) is 4.39 Å². The van der Waals surface area contributed by atoms with Crippen molar-refractivity contribution in [2.75, 3.05) is 6.54 Å². The topological polar surface area (TPSA) is 63.4 Å². The first-order valence-corrected chi connectivity index (χ1v) is 6.81. The summed E-state index contributed by atoms with van der Waals surface area (Å²) in [6, 6.07) is 3.62. The molecule has 20 heavy (non-hydrogen) atoms. The van der Waals surface area contributed by atoms with E-state index in [0.717, 1.165) is 37.8 Å². The molecule has 106 valence electrons. The first-order valence-electron chi connectivity index (χ1n) is 6.81. The van der Waals surface area contributed by atoms with Gasteiger partial charge in [0.15, 0.2) is 0 Å². The summed E-state index contributed by atoms with van der Waals surface area (Å²) >= 11 is 0. The van der Waals surface area contributed by atoms with Gasteiger partial charge >= 0.3 is 5.69 Å². The van der Waals surface area contributed by atoms with Gasteiger partial charge in [-0.1, -0.05) is 0 Å². The zero-order valence-electron chi connectivity index (χ0n) is 10.9. The van der Waals surface area contributed by atoms with Gasteiger partial charge in [0, 0.05) is 24.2 Å². The molecule has 5 nitrogen and oxygen atoms in total. The molecule has 0 saturated heterocycles. The van der Waals surface area contributed by atoms with Crippen LogP contribution in [0, 0.1) is 21.8 Å². The number of hydrogen-bond donors (Lipinski definition) is 0. The minimum absolute atomic E-state index is 0.200. The summed E-state index contributed by atoms with van der Waals surface area (Å²) in [5.74, 6) is -0.566. The van der Waals surface area contributed by atoms with Gasteiger partial charge in [-0.15, -0.1) is 0 Å². The highest BCUT2D eigenvalue weighted by Gasteiger charge is 2.37. The first-order chi connectivity index (χ1) is 9.56. The lowest BCUT2D eigenvalue weighted by Gasteiger charge is -2.22. The van der Waals surface area contributed by atoms with E-state index in [1.54, 1.807) is 4.90 Å². The Hall–Kier alpha value is -1.98. The second-order valence-electron chi connectivity index (χ2n) is 5.56. The smallest absolute Gasteiger partial charge is 0.305 e. The molecule has 0 aromatic heterocycles. The van der Waals surface area contributed by atoms with Crippen molar-refractivity contribution >= 4 is 11.6 Å². The Labute approximate surface area is 115 Å². The van der Waals surface area contributed by atoms with E-state index in [0.29, 0.717) is 12.5 Å². The molecule has 1 aromatic rings. The fourth-order valence-electron chi connectivity index (χ4n) is 2.31. The molecule has 0 aliphatic heterocycles. The van der Waals surface area contributed by atoms with Crippen molar-refractivity contribution in [1.82, 2.24) is 4.90 Å². The van der Waals surface area contributed by atoms with E-state index in [4.69, 9.17) is 0 Å². The first kappa shape index (κ1) is 13.0. The predicted octanol–water partition coefficient (Wildman–Crippen LogP) is 2.75. The molecule has 2 aliphatic carbocycles. The Morgan fingerprint density at radius 1 is 1.35 bits per heavy atom. The van der Waals surface area contributed by atoms with Crippen LogP contribution in [0.2, 0.25) is 0 Å². The Morgan fingerprint density at radius 3 is 2.60 bits per heavy atom. The summed E-state index contributed by atoms with van der Waals surface area (Å²) in [4.78, 5) is 24.2. The molecule has 1 aromatic carbocycles. The zero-order valence-corrected chi connectivity index (χ0v) is 10.9. The molecule has 0 unspecified atom stereocenters. The second kappa shape index (κ2) is 4.85. The van der Waals surface area contributed by atoms with Crippen LogP contribution in [0.5, 0.6) is 0 Å². The molecule has 0 N–H and O–H groups in total. The van der Waals surface area contributed by atoms with Gasteiger partial charge in [0.1, 0.15) is 0 Å². The minimum atomic E-state index is -0.910. The van der Waals surface area contributed by atoms with Crippen LogP contribution in [0.4, 0.5) is 10.1 Å². The highest BCUT2D eigenvalue weighted by atomic mass is 19.1. The largest absolute Gasteiger partial charge is 0.335 e. The number of hydrogen-bond acceptors (Lipinski definition) is 3. The summed E-state index contributed by atoms with van der Waals surface area (Å²) in [5.41, 5.74) is -0.441. The number of carbonyl (C=O) groups excluding carboxylic acids is 1. The molecular formula is C14H15FN2O3. The monoisotopic (exact) mass is 278 g/mol. The van der Waals surface area contributed by atoms with Crippen molar-refractivity contribution in [1.29, 1.82) is 0 Å². The van der Waals surface area contributed by atoms with Crippen LogP contribution in [-0.4, -0.2) is 28.3 Å². The maximum absolute atomic E-state index is 13.3. The van der Waals surface area contributed by atoms with E-state index >= 15 is 0 Å². The van der Waals surface area contributed by atoms with Crippen molar-refractivity contribution in [2.24, 2.45) is 5.92 Å². The van der Waals surface area contributed by atoms with Crippen LogP contribution >= 0.6 is 0 Å². The molecule has 2 fully saturated rings. The number of nitrogens with zero attached hydrogens (tertiary/aromatic N) is 2. The third kappa shape index (κ3) is 2.64. The fourth-order valence-corrected chi connectivity index (χ4v) is 2.31.